The molecule has 2 atom stereocenters. The third kappa shape index (κ3) is 2.63. The molecule has 5 heteroatoms. The van der Waals surface area contributed by atoms with E-state index in [0.29, 0.717) is 0 Å². The number of carbonyl (C=O) groups is 1. The van der Waals surface area contributed by atoms with Gasteiger partial charge in [0.1, 0.15) is 0 Å². The van der Waals surface area contributed by atoms with Gasteiger partial charge < -0.3 is 11.1 Å². The molecule has 3 nitrogen and oxygen atoms in total. The van der Waals surface area contributed by atoms with Crippen LogP contribution in [0.1, 0.15) is 26.2 Å². The maximum Gasteiger partial charge on any atom is 0.231 e. The molecule has 2 rings (SSSR count). The molecule has 18 heavy (non-hydrogen) atoms. The summed E-state index contributed by atoms with van der Waals surface area (Å²) in [7, 11) is 0. The van der Waals surface area contributed by atoms with Crippen molar-refractivity contribution in [2.24, 2.45) is 11.1 Å². The lowest BCUT2D eigenvalue weighted by atomic mass is 9.84. The highest BCUT2D eigenvalue weighted by Gasteiger charge is 2.43. The molecule has 3 N–H and O–H groups in total. The van der Waals surface area contributed by atoms with Crippen LogP contribution < -0.4 is 11.1 Å². The average molecular weight is 376 g/mol. The van der Waals surface area contributed by atoms with Crippen molar-refractivity contribution < 1.29 is 4.79 Å². The van der Waals surface area contributed by atoms with Crippen molar-refractivity contribution in [2.45, 2.75) is 32.2 Å². The SMILES string of the molecule is CC1(C(=O)Nc2ccc(Br)cc2Br)CCCC1N. The molecule has 0 bridgehead atoms. The molecule has 0 radical (unpaired) electrons. The van der Waals surface area contributed by atoms with Crippen LogP contribution in [0.5, 0.6) is 0 Å². The normalized spacial score (nSPS) is 27.2. The highest BCUT2D eigenvalue weighted by molar-refractivity contribution is 9.11. The van der Waals surface area contributed by atoms with Crippen LogP contribution in [0, 0.1) is 5.41 Å². The van der Waals surface area contributed by atoms with Crippen LogP contribution in [-0.2, 0) is 4.79 Å². The largest absolute Gasteiger partial charge is 0.327 e. The van der Waals surface area contributed by atoms with Crippen molar-refractivity contribution in [1.82, 2.24) is 0 Å². The van der Waals surface area contributed by atoms with Crippen molar-refractivity contribution in [3.63, 3.8) is 0 Å². The van der Waals surface area contributed by atoms with E-state index in [0.717, 1.165) is 33.9 Å². The monoisotopic (exact) mass is 374 g/mol. The van der Waals surface area contributed by atoms with Gasteiger partial charge in [-0.25, -0.2) is 0 Å². The zero-order valence-corrected chi connectivity index (χ0v) is 13.3. The predicted molar refractivity (Wildman–Crippen MR) is 80.4 cm³/mol. The van der Waals surface area contributed by atoms with Gasteiger partial charge in [-0.3, -0.25) is 4.79 Å². The van der Waals surface area contributed by atoms with Gasteiger partial charge in [-0.1, -0.05) is 22.4 Å². The van der Waals surface area contributed by atoms with E-state index < -0.39 is 5.41 Å². The van der Waals surface area contributed by atoms with Gasteiger partial charge >= 0.3 is 0 Å². The van der Waals surface area contributed by atoms with Crippen molar-refractivity contribution in [3.05, 3.63) is 27.1 Å². The number of rotatable bonds is 2. The number of carbonyl (C=O) groups excluding carboxylic acids is 1. The van der Waals surface area contributed by atoms with Crippen LogP contribution in [0.25, 0.3) is 0 Å². The van der Waals surface area contributed by atoms with Gasteiger partial charge in [0.25, 0.3) is 0 Å². The topological polar surface area (TPSA) is 55.1 Å². The first-order chi connectivity index (χ1) is 8.43. The molecular weight excluding hydrogens is 360 g/mol. The molecule has 0 aromatic heterocycles. The molecule has 1 aliphatic carbocycles. The van der Waals surface area contributed by atoms with Crippen LogP contribution >= 0.6 is 31.9 Å². The zero-order chi connectivity index (χ0) is 13.3. The number of hydrogen-bond donors (Lipinski definition) is 2. The standard InChI is InChI=1S/C13H16Br2N2O/c1-13(6-2-3-11(13)16)12(18)17-10-5-4-8(14)7-9(10)15/h4-5,7,11H,2-3,6,16H2,1H3,(H,17,18). The molecule has 0 heterocycles. The van der Waals surface area contributed by atoms with Gasteiger partial charge in [0.15, 0.2) is 0 Å². The highest BCUT2D eigenvalue weighted by atomic mass is 79.9. The van der Waals surface area contributed by atoms with Gasteiger partial charge in [-0.15, -0.1) is 0 Å². The van der Waals surface area contributed by atoms with Crippen LogP contribution in [0.2, 0.25) is 0 Å². The maximum atomic E-state index is 12.4. The van der Waals surface area contributed by atoms with Gasteiger partial charge in [0.2, 0.25) is 5.91 Å². The number of benzene rings is 1. The Morgan fingerprint density at radius 3 is 2.78 bits per heavy atom. The molecule has 98 valence electrons. The fourth-order valence-electron chi connectivity index (χ4n) is 2.33. The maximum absolute atomic E-state index is 12.4. The Morgan fingerprint density at radius 2 is 2.22 bits per heavy atom. The fraction of sp³-hybridized carbons (Fsp3) is 0.462. The van der Waals surface area contributed by atoms with Gasteiger partial charge in [-0.05, 0) is 53.9 Å². The lowest BCUT2D eigenvalue weighted by Crippen LogP contribution is -2.44. The van der Waals surface area contributed by atoms with Gasteiger partial charge in [0.05, 0.1) is 11.1 Å². The van der Waals surface area contributed by atoms with E-state index in [4.69, 9.17) is 5.73 Å². The van der Waals surface area contributed by atoms with Gasteiger partial charge in [0, 0.05) is 15.0 Å². The molecule has 1 aromatic carbocycles. The minimum atomic E-state index is -0.452. The first-order valence-corrected chi connectivity index (χ1v) is 7.54. The second kappa shape index (κ2) is 5.31. The van der Waals surface area contributed by atoms with E-state index in [9.17, 15) is 4.79 Å². The zero-order valence-electron chi connectivity index (χ0n) is 10.2. The number of nitrogens with one attached hydrogen (secondary N) is 1. The van der Waals surface area contributed by atoms with Crippen molar-refractivity contribution >= 4 is 43.5 Å². The first-order valence-electron chi connectivity index (χ1n) is 5.95. The van der Waals surface area contributed by atoms with Crippen LogP contribution in [-0.4, -0.2) is 11.9 Å². The van der Waals surface area contributed by atoms with Crippen LogP contribution in [0.15, 0.2) is 27.1 Å². The first kappa shape index (κ1) is 14.0. The molecule has 0 saturated heterocycles. The predicted octanol–water partition coefficient (Wildman–Crippen LogP) is 3.67. The summed E-state index contributed by atoms with van der Waals surface area (Å²) in [6.45, 7) is 1.95. The minimum Gasteiger partial charge on any atom is -0.327 e. The molecule has 0 spiro atoms. The summed E-state index contributed by atoms with van der Waals surface area (Å²) in [5, 5.41) is 2.96. The number of nitrogens with two attached hydrogens (primary N) is 1. The second-order valence-electron chi connectivity index (χ2n) is 4.99. The van der Waals surface area contributed by atoms with E-state index >= 15 is 0 Å². The van der Waals surface area contributed by atoms with Gasteiger partial charge in [-0.2, -0.15) is 0 Å². The van der Waals surface area contributed by atoms with Crippen molar-refractivity contribution in [2.75, 3.05) is 5.32 Å². The highest BCUT2D eigenvalue weighted by Crippen LogP contribution is 2.38. The van der Waals surface area contributed by atoms with Crippen molar-refractivity contribution in [1.29, 1.82) is 0 Å². The Balaban J connectivity index is 2.16. The Morgan fingerprint density at radius 1 is 1.50 bits per heavy atom. The summed E-state index contributed by atoms with van der Waals surface area (Å²) in [5.41, 5.74) is 6.38. The lowest BCUT2D eigenvalue weighted by molar-refractivity contribution is -0.125. The molecule has 0 aliphatic heterocycles. The van der Waals surface area contributed by atoms with Crippen LogP contribution in [0.3, 0.4) is 0 Å². The molecule has 1 aromatic rings. The Bertz CT molecular complexity index is 478. The Kier molecular flexibility index (Phi) is 4.14. The minimum absolute atomic E-state index is 0.00974. The summed E-state index contributed by atoms with van der Waals surface area (Å²) < 4.78 is 1.83. The van der Waals surface area contributed by atoms with Crippen molar-refractivity contribution in [3.8, 4) is 0 Å². The number of halogens is 2. The third-order valence-corrected chi connectivity index (χ3v) is 4.88. The lowest BCUT2D eigenvalue weighted by Gasteiger charge is -2.27. The fourth-order valence-corrected chi connectivity index (χ4v) is 3.48. The summed E-state index contributed by atoms with van der Waals surface area (Å²) in [5.74, 6) is 0.00974. The average Bonchev–Trinajstić information content (AvgIpc) is 2.64. The smallest absolute Gasteiger partial charge is 0.231 e. The molecule has 2 unspecified atom stereocenters. The van der Waals surface area contributed by atoms with Crippen LogP contribution in [0.4, 0.5) is 5.69 Å². The third-order valence-electron chi connectivity index (χ3n) is 3.73. The molecular formula is C13H16Br2N2O. The molecule has 1 amide bonds. The van der Waals surface area contributed by atoms with E-state index in [1.165, 1.54) is 0 Å². The number of amides is 1. The summed E-state index contributed by atoms with van der Waals surface area (Å²) >= 11 is 6.83. The second-order valence-corrected chi connectivity index (χ2v) is 6.76. The molecule has 1 fully saturated rings. The summed E-state index contributed by atoms with van der Waals surface area (Å²) in [6, 6.07) is 5.63. The summed E-state index contributed by atoms with van der Waals surface area (Å²) in [6.07, 6.45) is 2.80. The quantitative estimate of drug-likeness (QED) is 0.828. The molecule has 1 aliphatic rings. The number of anilines is 1. The summed E-state index contributed by atoms with van der Waals surface area (Å²) in [4.78, 5) is 12.4. The Labute approximate surface area is 124 Å². The Hall–Kier alpha value is -0.390. The number of hydrogen-bond acceptors (Lipinski definition) is 2. The van der Waals surface area contributed by atoms with E-state index in [1.54, 1.807) is 0 Å². The molecule has 1 saturated carbocycles. The van der Waals surface area contributed by atoms with E-state index in [2.05, 4.69) is 37.2 Å². The van der Waals surface area contributed by atoms with E-state index in [1.807, 2.05) is 25.1 Å². The van der Waals surface area contributed by atoms with E-state index in [-0.39, 0.29) is 11.9 Å².